The maximum Gasteiger partial charge on any atom is 0.335 e. The fourth-order valence-electron chi connectivity index (χ4n) is 2.93. The van der Waals surface area contributed by atoms with Crippen molar-refractivity contribution in [2.75, 3.05) is 11.4 Å². The third-order valence-corrected chi connectivity index (χ3v) is 4.38. The number of carbonyl (C=O) groups is 3. The van der Waals surface area contributed by atoms with E-state index in [1.165, 1.54) is 12.1 Å². The van der Waals surface area contributed by atoms with Crippen molar-refractivity contribution in [3.8, 4) is 0 Å². The van der Waals surface area contributed by atoms with Gasteiger partial charge in [-0.05, 0) is 41.8 Å². The van der Waals surface area contributed by atoms with Crippen LogP contribution in [0.1, 0.15) is 34.3 Å². The molecule has 3 rings (SSSR count). The number of hydrogen-bond donors (Lipinski definition) is 2. The van der Waals surface area contributed by atoms with Gasteiger partial charge in [0, 0.05) is 25.2 Å². The highest BCUT2D eigenvalue weighted by atomic mass is 16.4. The maximum atomic E-state index is 12.1. The first-order valence-corrected chi connectivity index (χ1v) is 8.51. The quantitative estimate of drug-likeness (QED) is 0.836. The van der Waals surface area contributed by atoms with E-state index < -0.39 is 5.97 Å². The van der Waals surface area contributed by atoms with Gasteiger partial charge in [0.1, 0.15) is 0 Å². The molecule has 1 aliphatic heterocycles. The van der Waals surface area contributed by atoms with Crippen LogP contribution in [0.4, 0.5) is 5.69 Å². The van der Waals surface area contributed by atoms with Crippen molar-refractivity contribution in [3.05, 3.63) is 65.2 Å². The van der Waals surface area contributed by atoms with E-state index in [4.69, 9.17) is 5.11 Å². The molecule has 134 valence electrons. The van der Waals surface area contributed by atoms with Gasteiger partial charge in [-0.2, -0.15) is 0 Å². The molecule has 1 saturated heterocycles. The van der Waals surface area contributed by atoms with Gasteiger partial charge >= 0.3 is 5.97 Å². The molecule has 2 aromatic carbocycles. The second-order valence-corrected chi connectivity index (χ2v) is 6.27. The minimum absolute atomic E-state index is 0.114. The molecule has 1 heterocycles. The lowest BCUT2D eigenvalue weighted by molar-refractivity contribution is -0.120. The van der Waals surface area contributed by atoms with Crippen molar-refractivity contribution in [2.24, 2.45) is 0 Å². The summed E-state index contributed by atoms with van der Waals surface area (Å²) in [7, 11) is 0. The Morgan fingerprint density at radius 2 is 1.65 bits per heavy atom. The van der Waals surface area contributed by atoms with Gasteiger partial charge in [0.05, 0.1) is 12.0 Å². The number of carbonyl (C=O) groups excluding carboxylic acids is 2. The Kier molecular flexibility index (Phi) is 5.31. The number of anilines is 1. The average molecular weight is 352 g/mol. The van der Waals surface area contributed by atoms with Crippen molar-refractivity contribution >= 4 is 23.5 Å². The molecule has 1 fully saturated rings. The Morgan fingerprint density at radius 3 is 2.23 bits per heavy atom. The molecule has 2 N–H and O–H groups in total. The number of amides is 2. The van der Waals surface area contributed by atoms with Crippen LogP contribution in [0.2, 0.25) is 0 Å². The van der Waals surface area contributed by atoms with Gasteiger partial charge < -0.3 is 15.3 Å². The van der Waals surface area contributed by atoms with Gasteiger partial charge in [-0.1, -0.05) is 24.3 Å². The molecule has 6 nitrogen and oxygen atoms in total. The van der Waals surface area contributed by atoms with E-state index in [9.17, 15) is 14.4 Å². The van der Waals surface area contributed by atoms with E-state index in [0.29, 0.717) is 13.0 Å². The van der Waals surface area contributed by atoms with E-state index in [1.54, 1.807) is 17.0 Å². The van der Waals surface area contributed by atoms with Crippen molar-refractivity contribution in [1.82, 2.24) is 5.32 Å². The van der Waals surface area contributed by atoms with Crippen LogP contribution in [0, 0.1) is 0 Å². The first-order chi connectivity index (χ1) is 12.5. The zero-order valence-corrected chi connectivity index (χ0v) is 14.3. The predicted molar refractivity (Wildman–Crippen MR) is 97.0 cm³/mol. The molecule has 2 amide bonds. The Balaban J connectivity index is 1.51. The molecule has 0 radical (unpaired) electrons. The SMILES string of the molecule is O=C(Cc1ccc(N2CCCC2=O)cc1)NCc1ccc(C(=O)O)cc1. The summed E-state index contributed by atoms with van der Waals surface area (Å²) < 4.78 is 0. The van der Waals surface area contributed by atoms with Gasteiger partial charge in [0.2, 0.25) is 11.8 Å². The van der Waals surface area contributed by atoms with E-state index in [1.807, 2.05) is 24.3 Å². The topological polar surface area (TPSA) is 86.7 Å². The highest BCUT2D eigenvalue weighted by molar-refractivity contribution is 5.95. The average Bonchev–Trinajstić information content (AvgIpc) is 3.07. The highest BCUT2D eigenvalue weighted by Crippen LogP contribution is 2.21. The third-order valence-electron chi connectivity index (χ3n) is 4.38. The van der Waals surface area contributed by atoms with Gasteiger partial charge in [-0.15, -0.1) is 0 Å². The molecule has 0 aromatic heterocycles. The monoisotopic (exact) mass is 352 g/mol. The summed E-state index contributed by atoms with van der Waals surface area (Å²) in [5.41, 5.74) is 2.80. The van der Waals surface area contributed by atoms with Crippen LogP contribution in [0.15, 0.2) is 48.5 Å². The lowest BCUT2D eigenvalue weighted by atomic mass is 10.1. The van der Waals surface area contributed by atoms with Crippen molar-refractivity contribution in [1.29, 1.82) is 0 Å². The van der Waals surface area contributed by atoms with Crippen LogP contribution in [-0.4, -0.2) is 29.4 Å². The highest BCUT2D eigenvalue weighted by Gasteiger charge is 2.21. The summed E-state index contributed by atoms with van der Waals surface area (Å²) in [4.78, 5) is 36.4. The largest absolute Gasteiger partial charge is 0.478 e. The number of carboxylic acid groups (broad SMARTS) is 1. The zero-order chi connectivity index (χ0) is 18.5. The lowest BCUT2D eigenvalue weighted by Crippen LogP contribution is -2.25. The van der Waals surface area contributed by atoms with Crippen molar-refractivity contribution < 1.29 is 19.5 Å². The molecule has 0 bridgehead atoms. The Hall–Kier alpha value is -3.15. The number of hydrogen-bond acceptors (Lipinski definition) is 3. The Morgan fingerprint density at radius 1 is 1.00 bits per heavy atom. The van der Waals surface area contributed by atoms with E-state index in [0.717, 1.165) is 29.8 Å². The smallest absolute Gasteiger partial charge is 0.335 e. The normalized spacial score (nSPS) is 13.7. The first-order valence-electron chi connectivity index (χ1n) is 8.51. The Labute approximate surface area is 151 Å². The minimum Gasteiger partial charge on any atom is -0.478 e. The van der Waals surface area contributed by atoms with Crippen molar-refractivity contribution in [2.45, 2.75) is 25.8 Å². The molecular weight excluding hydrogens is 332 g/mol. The minimum atomic E-state index is -0.973. The zero-order valence-electron chi connectivity index (χ0n) is 14.3. The van der Waals surface area contributed by atoms with Crippen LogP contribution in [0.25, 0.3) is 0 Å². The van der Waals surface area contributed by atoms with Gasteiger partial charge in [-0.3, -0.25) is 9.59 Å². The summed E-state index contributed by atoms with van der Waals surface area (Å²) in [6.45, 7) is 1.10. The van der Waals surface area contributed by atoms with Crippen LogP contribution < -0.4 is 10.2 Å². The molecule has 0 saturated carbocycles. The number of nitrogens with zero attached hydrogens (tertiary/aromatic N) is 1. The molecular formula is C20H20N2O4. The maximum absolute atomic E-state index is 12.1. The lowest BCUT2D eigenvalue weighted by Gasteiger charge is -2.15. The molecule has 26 heavy (non-hydrogen) atoms. The number of nitrogens with one attached hydrogen (secondary N) is 1. The van der Waals surface area contributed by atoms with E-state index in [2.05, 4.69) is 5.32 Å². The summed E-state index contributed by atoms with van der Waals surface area (Å²) >= 11 is 0. The molecule has 0 aliphatic carbocycles. The number of rotatable bonds is 6. The van der Waals surface area contributed by atoms with Crippen molar-refractivity contribution in [3.63, 3.8) is 0 Å². The Bertz CT molecular complexity index is 813. The van der Waals surface area contributed by atoms with Crippen LogP contribution >= 0.6 is 0 Å². The van der Waals surface area contributed by atoms with E-state index in [-0.39, 0.29) is 23.8 Å². The number of benzene rings is 2. The summed E-state index contributed by atoms with van der Waals surface area (Å²) in [5, 5.41) is 11.7. The second kappa shape index (κ2) is 7.82. The number of carboxylic acids is 1. The van der Waals surface area contributed by atoms with E-state index >= 15 is 0 Å². The van der Waals surface area contributed by atoms with Gasteiger partial charge in [0.25, 0.3) is 0 Å². The fraction of sp³-hybridized carbons (Fsp3) is 0.250. The second-order valence-electron chi connectivity index (χ2n) is 6.27. The fourth-order valence-corrected chi connectivity index (χ4v) is 2.93. The standard InChI is InChI=1S/C20H20N2O4/c23-18(21-13-15-3-7-16(8-4-15)20(25)26)12-14-5-9-17(10-6-14)22-11-1-2-19(22)24/h3-10H,1-2,11-13H2,(H,21,23)(H,25,26). The van der Waals surface area contributed by atoms with Crippen LogP contribution in [0.3, 0.4) is 0 Å². The van der Waals surface area contributed by atoms with Crippen LogP contribution in [-0.2, 0) is 22.6 Å². The summed E-state index contributed by atoms with van der Waals surface area (Å²) in [5.74, 6) is -0.943. The van der Waals surface area contributed by atoms with Gasteiger partial charge in [0.15, 0.2) is 0 Å². The first kappa shape index (κ1) is 17.7. The molecule has 6 heteroatoms. The van der Waals surface area contributed by atoms with Crippen LogP contribution in [0.5, 0.6) is 0 Å². The molecule has 0 spiro atoms. The number of aromatic carboxylic acids is 1. The van der Waals surface area contributed by atoms with Gasteiger partial charge in [-0.25, -0.2) is 4.79 Å². The summed E-state index contributed by atoms with van der Waals surface area (Å²) in [6, 6.07) is 13.9. The molecule has 1 aliphatic rings. The molecule has 2 aromatic rings. The third kappa shape index (κ3) is 4.27. The summed E-state index contributed by atoms with van der Waals surface area (Å²) in [6.07, 6.45) is 1.73. The predicted octanol–water partition coefficient (Wildman–Crippen LogP) is 2.37. The molecule has 0 unspecified atom stereocenters. The molecule has 0 atom stereocenters.